The fourth-order valence-corrected chi connectivity index (χ4v) is 3.71. The molecule has 0 spiro atoms. The minimum Gasteiger partial charge on any atom is -0.385 e. The molecule has 146 valence electrons. The second-order valence-corrected chi connectivity index (χ2v) is 7.32. The van der Waals surface area contributed by atoms with Crippen LogP contribution >= 0.6 is 0 Å². The smallest absolute Gasteiger partial charge is 0.191 e. The third kappa shape index (κ3) is 5.66. The van der Waals surface area contributed by atoms with Gasteiger partial charge in [-0.3, -0.25) is 4.99 Å². The number of hydrogen-bond donors (Lipinski definition) is 2. The van der Waals surface area contributed by atoms with Crippen LogP contribution in [0.4, 0.5) is 8.78 Å². The van der Waals surface area contributed by atoms with Gasteiger partial charge in [-0.05, 0) is 36.3 Å². The molecule has 0 heterocycles. The predicted octanol–water partition coefficient (Wildman–Crippen LogP) is 3.83. The van der Waals surface area contributed by atoms with Crippen molar-refractivity contribution in [3.8, 4) is 0 Å². The highest BCUT2D eigenvalue weighted by Gasteiger charge is 2.33. The summed E-state index contributed by atoms with van der Waals surface area (Å²) in [5.74, 6) is -0.445. The zero-order chi connectivity index (χ0) is 19.0. The van der Waals surface area contributed by atoms with E-state index in [0.29, 0.717) is 18.1 Å². The van der Waals surface area contributed by atoms with Gasteiger partial charge in [-0.25, -0.2) is 8.78 Å². The van der Waals surface area contributed by atoms with Crippen LogP contribution in [0, 0.1) is 17.0 Å². The van der Waals surface area contributed by atoms with Crippen molar-refractivity contribution in [3.05, 3.63) is 35.4 Å². The van der Waals surface area contributed by atoms with Crippen molar-refractivity contribution in [1.29, 1.82) is 0 Å². The molecule has 2 rings (SSSR count). The third-order valence-corrected chi connectivity index (χ3v) is 5.42. The number of nitrogens with zero attached hydrogens (tertiary/aromatic N) is 1. The Morgan fingerprint density at radius 3 is 2.62 bits per heavy atom. The van der Waals surface area contributed by atoms with Crippen LogP contribution in [-0.2, 0) is 4.74 Å². The maximum Gasteiger partial charge on any atom is 0.191 e. The lowest BCUT2D eigenvalue weighted by atomic mass is 9.83. The zero-order valence-corrected chi connectivity index (χ0v) is 16.1. The topological polar surface area (TPSA) is 45.7 Å². The first-order valence-corrected chi connectivity index (χ1v) is 9.38. The van der Waals surface area contributed by atoms with E-state index in [2.05, 4.69) is 15.6 Å². The van der Waals surface area contributed by atoms with Crippen molar-refractivity contribution in [2.24, 2.45) is 10.4 Å². The summed E-state index contributed by atoms with van der Waals surface area (Å²) >= 11 is 0. The Labute approximate surface area is 155 Å². The fraction of sp³-hybridized carbons (Fsp3) is 0.650. The minimum atomic E-state index is -0.554. The number of hydrogen-bond acceptors (Lipinski definition) is 2. The van der Waals surface area contributed by atoms with Crippen LogP contribution in [0.25, 0.3) is 0 Å². The van der Waals surface area contributed by atoms with Gasteiger partial charge in [0, 0.05) is 45.8 Å². The molecule has 2 N–H and O–H groups in total. The molecule has 0 amide bonds. The average molecular weight is 367 g/mol. The molecule has 0 aromatic heterocycles. The van der Waals surface area contributed by atoms with Gasteiger partial charge in [0.05, 0.1) is 0 Å². The van der Waals surface area contributed by atoms with Gasteiger partial charge in [0.1, 0.15) is 11.6 Å². The molecule has 0 radical (unpaired) electrons. The van der Waals surface area contributed by atoms with Crippen LogP contribution in [0.1, 0.15) is 50.5 Å². The largest absolute Gasteiger partial charge is 0.385 e. The van der Waals surface area contributed by atoms with Crippen LogP contribution in [0.15, 0.2) is 23.2 Å². The number of nitrogens with one attached hydrogen (secondary N) is 2. The summed E-state index contributed by atoms with van der Waals surface area (Å²) in [5.41, 5.74) is 0.768. The van der Waals surface area contributed by atoms with Crippen LogP contribution in [0.5, 0.6) is 0 Å². The summed E-state index contributed by atoms with van der Waals surface area (Å²) in [6, 6.07) is 3.73. The summed E-state index contributed by atoms with van der Waals surface area (Å²) in [5, 5.41) is 6.68. The highest BCUT2D eigenvalue weighted by atomic mass is 19.1. The van der Waals surface area contributed by atoms with Gasteiger partial charge in [0.25, 0.3) is 0 Å². The molecule has 1 saturated carbocycles. The number of ether oxygens (including phenoxy) is 1. The van der Waals surface area contributed by atoms with E-state index in [9.17, 15) is 8.78 Å². The van der Waals surface area contributed by atoms with Gasteiger partial charge in [-0.2, -0.15) is 0 Å². The average Bonchev–Trinajstić information content (AvgIpc) is 3.09. The lowest BCUT2D eigenvalue weighted by Crippen LogP contribution is -2.44. The number of halogens is 2. The molecule has 1 aliphatic rings. The highest BCUT2D eigenvalue weighted by Crippen LogP contribution is 2.40. The monoisotopic (exact) mass is 367 g/mol. The maximum atomic E-state index is 13.9. The van der Waals surface area contributed by atoms with Gasteiger partial charge in [-0.1, -0.05) is 25.8 Å². The molecule has 26 heavy (non-hydrogen) atoms. The van der Waals surface area contributed by atoms with Crippen LogP contribution < -0.4 is 10.6 Å². The van der Waals surface area contributed by atoms with Gasteiger partial charge in [0.2, 0.25) is 0 Å². The van der Waals surface area contributed by atoms with E-state index in [1.165, 1.54) is 37.8 Å². The number of methoxy groups -OCH3 is 1. The molecule has 1 aromatic carbocycles. The highest BCUT2D eigenvalue weighted by molar-refractivity contribution is 5.79. The number of rotatable bonds is 8. The fourth-order valence-electron chi connectivity index (χ4n) is 3.71. The van der Waals surface area contributed by atoms with Gasteiger partial charge < -0.3 is 15.4 Å². The number of guanidine groups is 1. The first-order chi connectivity index (χ1) is 12.5. The Morgan fingerprint density at radius 1 is 1.27 bits per heavy atom. The molecule has 1 aromatic rings. The Bertz CT molecular complexity index is 601. The molecule has 0 saturated heterocycles. The lowest BCUT2D eigenvalue weighted by Gasteiger charge is -2.30. The minimum absolute atomic E-state index is 0.0944. The molecule has 1 atom stereocenters. The number of aliphatic imine (C=N–C) groups is 1. The standard InChI is InChI=1S/C20H31F2N3O/c1-15(17-7-6-16(21)12-18(17)22)13-24-19(23-2)25-14-20(10-11-26-3)8-4-5-9-20/h6-7,12,15H,4-5,8-11,13-14H2,1-3H3,(H2,23,24,25). The van der Waals surface area contributed by atoms with E-state index in [0.717, 1.165) is 25.6 Å². The first kappa shape index (κ1) is 20.6. The van der Waals surface area contributed by atoms with Gasteiger partial charge in [-0.15, -0.1) is 0 Å². The molecule has 0 bridgehead atoms. The van der Waals surface area contributed by atoms with Crippen molar-refractivity contribution in [3.63, 3.8) is 0 Å². The molecular formula is C20H31F2N3O. The third-order valence-electron chi connectivity index (χ3n) is 5.42. The van der Waals surface area contributed by atoms with Gasteiger partial charge >= 0.3 is 0 Å². The second kappa shape index (κ2) is 9.86. The SMILES string of the molecule is CN=C(NCC(C)c1ccc(F)cc1F)NCC1(CCOC)CCCC1. The maximum absolute atomic E-state index is 13.9. The zero-order valence-electron chi connectivity index (χ0n) is 16.1. The second-order valence-electron chi connectivity index (χ2n) is 7.32. The van der Waals surface area contributed by atoms with E-state index >= 15 is 0 Å². The van der Waals surface area contributed by atoms with Crippen molar-refractivity contribution in [2.45, 2.75) is 44.9 Å². The summed E-state index contributed by atoms with van der Waals surface area (Å²) in [6.07, 6.45) is 5.98. The van der Waals surface area contributed by atoms with E-state index in [1.54, 1.807) is 14.2 Å². The van der Waals surface area contributed by atoms with Crippen molar-refractivity contribution in [2.75, 3.05) is 33.9 Å². The Hall–Kier alpha value is -1.69. The van der Waals surface area contributed by atoms with Crippen molar-refractivity contribution < 1.29 is 13.5 Å². The van der Waals surface area contributed by atoms with Crippen LogP contribution in [0.2, 0.25) is 0 Å². The van der Waals surface area contributed by atoms with E-state index < -0.39 is 11.6 Å². The van der Waals surface area contributed by atoms with E-state index in [4.69, 9.17) is 4.74 Å². The Kier molecular flexibility index (Phi) is 7.82. The first-order valence-electron chi connectivity index (χ1n) is 9.38. The molecule has 0 aliphatic heterocycles. The Balaban J connectivity index is 1.87. The van der Waals surface area contributed by atoms with Gasteiger partial charge in [0.15, 0.2) is 5.96 Å². The summed E-state index contributed by atoms with van der Waals surface area (Å²) in [7, 11) is 3.47. The summed E-state index contributed by atoms with van der Waals surface area (Å²) in [6.45, 7) is 4.06. The number of benzene rings is 1. The normalized spacial score (nSPS) is 18.0. The summed E-state index contributed by atoms with van der Waals surface area (Å²) in [4.78, 5) is 4.27. The predicted molar refractivity (Wildman–Crippen MR) is 102 cm³/mol. The Morgan fingerprint density at radius 2 is 2.00 bits per heavy atom. The molecule has 4 nitrogen and oxygen atoms in total. The quantitative estimate of drug-likeness (QED) is 0.542. The summed E-state index contributed by atoms with van der Waals surface area (Å²) < 4.78 is 32.2. The van der Waals surface area contributed by atoms with Crippen molar-refractivity contribution >= 4 is 5.96 Å². The molecule has 1 aliphatic carbocycles. The molecular weight excluding hydrogens is 336 g/mol. The van der Waals surface area contributed by atoms with Crippen LogP contribution in [0.3, 0.4) is 0 Å². The van der Waals surface area contributed by atoms with Crippen molar-refractivity contribution in [1.82, 2.24) is 10.6 Å². The molecule has 1 unspecified atom stereocenters. The van der Waals surface area contributed by atoms with E-state index in [-0.39, 0.29) is 11.3 Å². The molecule has 6 heteroatoms. The van der Waals surface area contributed by atoms with E-state index in [1.807, 2.05) is 6.92 Å². The van der Waals surface area contributed by atoms with Crippen LogP contribution in [-0.4, -0.2) is 39.8 Å². The lowest BCUT2D eigenvalue weighted by molar-refractivity contribution is 0.138. The molecule has 1 fully saturated rings.